The van der Waals surface area contributed by atoms with Crippen molar-refractivity contribution in [2.45, 2.75) is 29.9 Å². The molecule has 0 bridgehead atoms. The molecule has 1 unspecified atom stereocenters. The van der Waals surface area contributed by atoms with Crippen LogP contribution >= 0.6 is 0 Å². The van der Waals surface area contributed by atoms with Gasteiger partial charge in [-0.1, -0.05) is 0 Å². The molecule has 10 heavy (non-hydrogen) atoms. The van der Waals surface area contributed by atoms with Gasteiger partial charge in [0.25, 0.3) is 0 Å². The molecule has 56 valence electrons. The van der Waals surface area contributed by atoms with E-state index in [-0.39, 0.29) is 0 Å². The third kappa shape index (κ3) is 0.479. The maximum Gasteiger partial charge on any atom is 0.143 e. The quantitative estimate of drug-likeness (QED) is 0.378. The summed E-state index contributed by atoms with van der Waals surface area (Å²) >= 11 is 0. The molecule has 0 aromatic carbocycles. The van der Waals surface area contributed by atoms with Crippen LogP contribution in [0.2, 0.25) is 0 Å². The molecule has 0 radical (unpaired) electrons. The van der Waals surface area contributed by atoms with Crippen LogP contribution in [0.25, 0.3) is 0 Å². The summed E-state index contributed by atoms with van der Waals surface area (Å²) in [6.45, 7) is 0. The van der Waals surface area contributed by atoms with Crippen LogP contribution in [0.3, 0.4) is 0 Å². The number of aliphatic hydroxyl groups is 1. The van der Waals surface area contributed by atoms with Crippen LogP contribution in [-0.4, -0.2) is 42.9 Å². The Kier molecular flexibility index (Phi) is 1.02. The maximum absolute atomic E-state index is 13.0. The van der Waals surface area contributed by atoms with Gasteiger partial charge in [-0.3, -0.25) is 0 Å². The Bertz CT molecular complexity index is 181. The standard InChI is InChI=1S/C5H9BFNO2/c6-4-1(7)5(8)2(9)3(5)10-4/h1-4,9H,6,8H2/t1-,2?,3+,4+,5+/m0/s1. The van der Waals surface area contributed by atoms with Crippen molar-refractivity contribution >= 4 is 7.85 Å². The zero-order chi connectivity index (χ0) is 7.52. The zero-order valence-corrected chi connectivity index (χ0v) is 5.62. The minimum absolute atomic E-state index is 0.460. The second-order valence-electron chi connectivity index (χ2n) is 3.11. The lowest BCUT2D eigenvalue weighted by atomic mass is 9.91. The number of halogens is 1. The van der Waals surface area contributed by atoms with E-state index in [2.05, 4.69) is 0 Å². The highest BCUT2D eigenvalue weighted by Gasteiger charge is 2.74. The summed E-state index contributed by atoms with van der Waals surface area (Å²) in [4.78, 5) is 0. The first-order valence-corrected chi connectivity index (χ1v) is 3.35. The Hall–Kier alpha value is -0.125. The molecule has 1 saturated heterocycles. The Balaban J connectivity index is 2.20. The summed E-state index contributed by atoms with van der Waals surface area (Å²) in [5.74, 6) is 0. The van der Waals surface area contributed by atoms with E-state index in [1.165, 1.54) is 0 Å². The minimum atomic E-state index is -1.22. The highest BCUT2D eigenvalue weighted by molar-refractivity contribution is 6.12. The van der Waals surface area contributed by atoms with Gasteiger partial charge < -0.3 is 15.6 Å². The monoisotopic (exact) mass is 145 g/mol. The molecule has 0 aromatic heterocycles. The number of nitrogens with two attached hydrogens (primary N) is 1. The predicted octanol–water partition coefficient (Wildman–Crippen LogP) is -2.25. The fourth-order valence-corrected chi connectivity index (χ4v) is 1.59. The number of fused-ring (bicyclic) bond motifs is 1. The lowest BCUT2D eigenvalue weighted by Crippen LogP contribution is -2.42. The van der Waals surface area contributed by atoms with Gasteiger partial charge in [-0.25, -0.2) is 4.39 Å². The third-order valence-electron chi connectivity index (χ3n) is 2.43. The lowest BCUT2D eigenvalue weighted by Gasteiger charge is -2.14. The first-order chi connectivity index (χ1) is 4.58. The van der Waals surface area contributed by atoms with Crippen molar-refractivity contribution in [2.24, 2.45) is 5.73 Å². The van der Waals surface area contributed by atoms with Crippen molar-refractivity contribution in [3.05, 3.63) is 0 Å². The van der Waals surface area contributed by atoms with Crippen molar-refractivity contribution < 1.29 is 14.2 Å². The van der Waals surface area contributed by atoms with E-state index >= 15 is 0 Å². The van der Waals surface area contributed by atoms with E-state index in [0.717, 1.165) is 0 Å². The lowest BCUT2D eigenvalue weighted by molar-refractivity contribution is 0.0404. The van der Waals surface area contributed by atoms with Crippen molar-refractivity contribution in [2.75, 3.05) is 0 Å². The first kappa shape index (κ1) is 6.58. The Morgan fingerprint density at radius 3 is 2.60 bits per heavy atom. The number of alkyl halides is 1. The topological polar surface area (TPSA) is 55.5 Å². The van der Waals surface area contributed by atoms with Gasteiger partial charge in [0, 0.05) is 0 Å². The number of hydrogen-bond donors (Lipinski definition) is 2. The van der Waals surface area contributed by atoms with Gasteiger partial charge in [0.05, 0.1) is 6.00 Å². The van der Waals surface area contributed by atoms with Crippen molar-refractivity contribution in [3.63, 3.8) is 0 Å². The molecule has 1 aliphatic carbocycles. The zero-order valence-electron chi connectivity index (χ0n) is 5.62. The van der Waals surface area contributed by atoms with Crippen LogP contribution in [0.4, 0.5) is 4.39 Å². The van der Waals surface area contributed by atoms with E-state index in [0.29, 0.717) is 0 Å². The second-order valence-corrected chi connectivity index (χ2v) is 3.11. The molecule has 0 amide bonds. The molecular formula is C5H9BFNO2. The summed E-state index contributed by atoms with van der Waals surface area (Å²) in [5, 5.41) is 9.00. The molecule has 1 saturated carbocycles. The number of ether oxygens (including phenoxy) is 1. The summed E-state index contributed by atoms with van der Waals surface area (Å²) in [7, 11) is 1.62. The van der Waals surface area contributed by atoms with Crippen LogP contribution < -0.4 is 5.73 Å². The molecule has 3 nitrogen and oxygen atoms in total. The normalized spacial score (nSPS) is 65.9. The third-order valence-corrected chi connectivity index (χ3v) is 2.43. The van der Waals surface area contributed by atoms with Gasteiger partial charge in [-0.05, 0) is 0 Å². The number of rotatable bonds is 0. The van der Waals surface area contributed by atoms with Crippen molar-refractivity contribution in [1.82, 2.24) is 0 Å². The molecular weight excluding hydrogens is 136 g/mol. The van der Waals surface area contributed by atoms with Crippen LogP contribution in [0.1, 0.15) is 0 Å². The van der Waals surface area contributed by atoms with Gasteiger partial charge in [0.1, 0.15) is 31.8 Å². The molecule has 2 rings (SSSR count). The second kappa shape index (κ2) is 1.54. The molecule has 5 atom stereocenters. The number of aliphatic hydroxyl groups excluding tert-OH is 1. The van der Waals surface area contributed by atoms with E-state index in [9.17, 15) is 4.39 Å². The molecule has 1 heterocycles. The molecule has 0 aromatic rings. The highest BCUT2D eigenvalue weighted by atomic mass is 19.1. The molecule has 0 spiro atoms. The van der Waals surface area contributed by atoms with Crippen LogP contribution in [0.5, 0.6) is 0 Å². The minimum Gasteiger partial charge on any atom is -0.388 e. The predicted molar refractivity (Wildman–Crippen MR) is 35.0 cm³/mol. The average Bonchev–Trinajstić information content (AvgIpc) is 2.29. The van der Waals surface area contributed by atoms with Gasteiger partial charge in [-0.2, -0.15) is 0 Å². The highest BCUT2D eigenvalue weighted by Crippen LogP contribution is 2.48. The molecule has 2 fully saturated rings. The van der Waals surface area contributed by atoms with Gasteiger partial charge in [-0.15, -0.1) is 0 Å². The Morgan fingerprint density at radius 1 is 1.70 bits per heavy atom. The fourth-order valence-electron chi connectivity index (χ4n) is 1.59. The average molecular weight is 145 g/mol. The summed E-state index contributed by atoms with van der Waals surface area (Å²) < 4.78 is 18.0. The Labute approximate surface area is 58.8 Å². The smallest absolute Gasteiger partial charge is 0.143 e. The first-order valence-electron chi connectivity index (χ1n) is 3.35. The van der Waals surface area contributed by atoms with Crippen LogP contribution in [0, 0.1) is 0 Å². The van der Waals surface area contributed by atoms with E-state index < -0.39 is 29.9 Å². The summed E-state index contributed by atoms with van der Waals surface area (Å²) in [6, 6.07) is -0.460. The number of hydrogen-bond acceptors (Lipinski definition) is 3. The van der Waals surface area contributed by atoms with Crippen LogP contribution in [0.15, 0.2) is 0 Å². The maximum atomic E-state index is 13.0. The molecule has 1 aliphatic heterocycles. The van der Waals surface area contributed by atoms with E-state index in [4.69, 9.17) is 15.6 Å². The largest absolute Gasteiger partial charge is 0.388 e. The molecule has 2 aliphatic rings. The van der Waals surface area contributed by atoms with Crippen molar-refractivity contribution in [1.29, 1.82) is 0 Å². The summed E-state index contributed by atoms with van der Waals surface area (Å²) in [6.07, 6.45) is -2.47. The SMILES string of the molecule is B[C@@H]1O[C@@H]2C(O)[C@]2(N)[C@H]1F. The van der Waals surface area contributed by atoms with Gasteiger partial charge >= 0.3 is 0 Å². The van der Waals surface area contributed by atoms with Crippen molar-refractivity contribution in [3.8, 4) is 0 Å². The van der Waals surface area contributed by atoms with E-state index in [1.807, 2.05) is 0 Å². The van der Waals surface area contributed by atoms with Crippen LogP contribution in [-0.2, 0) is 4.74 Å². The molecule has 3 N–H and O–H groups in total. The fraction of sp³-hybridized carbons (Fsp3) is 1.00. The van der Waals surface area contributed by atoms with Gasteiger partial charge in [0.15, 0.2) is 0 Å². The van der Waals surface area contributed by atoms with E-state index in [1.54, 1.807) is 7.85 Å². The van der Waals surface area contributed by atoms with Gasteiger partial charge in [0.2, 0.25) is 0 Å². The Morgan fingerprint density at radius 2 is 2.30 bits per heavy atom. The molecule has 5 heteroatoms. The summed E-state index contributed by atoms with van der Waals surface area (Å²) in [5.41, 5.74) is 4.40.